The molecule has 0 heterocycles. The van der Waals surface area contributed by atoms with E-state index in [1.165, 1.54) is 12.1 Å². The number of amides is 1. The van der Waals surface area contributed by atoms with Crippen LogP contribution in [0, 0.1) is 5.92 Å². The van der Waals surface area contributed by atoms with Gasteiger partial charge in [0.15, 0.2) is 9.84 Å². The number of rotatable bonds is 6. The SMILES string of the molecule is Cl.NCC1CCCC1NC(=O)c1cccc(S(=O)(=O)Cc2ccccc2)c1. The number of halogens is 1. The van der Waals surface area contributed by atoms with Gasteiger partial charge in [-0.1, -0.05) is 42.8 Å². The first-order valence-corrected chi connectivity index (χ1v) is 10.5. The number of sulfone groups is 1. The lowest BCUT2D eigenvalue weighted by Crippen LogP contribution is -2.39. The summed E-state index contributed by atoms with van der Waals surface area (Å²) in [6.45, 7) is 0.552. The van der Waals surface area contributed by atoms with Crippen LogP contribution in [0.3, 0.4) is 0 Å². The van der Waals surface area contributed by atoms with E-state index in [4.69, 9.17) is 5.73 Å². The number of carbonyl (C=O) groups excluding carboxylic acids is 1. The van der Waals surface area contributed by atoms with E-state index in [9.17, 15) is 13.2 Å². The van der Waals surface area contributed by atoms with Gasteiger partial charge >= 0.3 is 0 Å². The molecule has 2 atom stereocenters. The molecule has 3 rings (SSSR count). The molecule has 1 aliphatic rings. The second-order valence-electron chi connectivity index (χ2n) is 6.78. The molecule has 0 spiro atoms. The first-order chi connectivity index (χ1) is 12.5. The molecule has 2 aromatic rings. The lowest BCUT2D eigenvalue weighted by Gasteiger charge is -2.19. The molecule has 1 saturated carbocycles. The Hall–Kier alpha value is -1.89. The van der Waals surface area contributed by atoms with Crippen LogP contribution in [-0.2, 0) is 15.6 Å². The zero-order valence-corrected chi connectivity index (χ0v) is 16.6. The Morgan fingerprint density at radius 2 is 1.81 bits per heavy atom. The van der Waals surface area contributed by atoms with Crippen molar-refractivity contribution in [1.29, 1.82) is 0 Å². The maximum Gasteiger partial charge on any atom is 0.251 e. The second kappa shape index (κ2) is 9.35. The van der Waals surface area contributed by atoms with Crippen molar-refractivity contribution in [1.82, 2.24) is 5.32 Å². The van der Waals surface area contributed by atoms with E-state index < -0.39 is 9.84 Å². The Bertz CT molecular complexity index is 872. The molecule has 0 aromatic heterocycles. The van der Waals surface area contributed by atoms with Gasteiger partial charge in [0.05, 0.1) is 10.6 Å². The molecule has 27 heavy (non-hydrogen) atoms. The molecule has 5 nitrogen and oxygen atoms in total. The van der Waals surface area contributed by atoms with Crippen LogP contribution in [0.2, 0.25) is 0 Å². The van der Waals surface area contributed by atoms with Crippen molar-refractivity contribution in [3.05, 3.63) is 65.7 Å². The number of nitrogens with one attached hydrogen (secondary N) is 1. The largest absolute Gasteiger partial charge is 0.349 e. The second-order valence-corrected chi connectivity index (χ2v) is 8.77. The minimum absolute atomic E-state index is 0. The summed E-state index contributed by atoms with van der Waals surface area (Å²) in [6.07, 6.45) is 2.99. The Morgan fingerprint density at radius 3 is 2.52 bits per heavy atom. The van der Waals surface area contributed by atoms with E-state index in [2.05, 4.69) is 5.32 Å². The fourth-order valence-electron chi connectivity index (χ4n) is 3.47. The summed E-state index contributed by atoms with van der Waals surface area (Å²) < 4.78 is 25.3. The molecule has 2 unspecified atom stereocenters. The van der Waals surface area contributed by atoms with Crippen LogP contribution in [0.15, 0.2) is 59.5 Å². The zero-order chi connectivity index (χ0) is 18.6. The van der Waals surface area contributed by atoms with Gasteiger partial charge in [0.1, 0.15) is 0 Å². The monoisotopic (exact) mass is 408 g/mol. The van der Waals surface area contributed by atoms with Crippen molar-refractivity contribution < 1.29 is 13.2 Å². The molecule has 0 radical (unpaired) electrons. The smallest absolute Gasteiger partial charge is 0.251 e. The van der Waals surface area contributed by atoms with Gasteiger partial charge in [0, 0.05) is 11.6 Å². The third-order valence-electron chi connectivity index (χ3n) is 4.93. The molecule has 0 aliphatic heterocycles. The van der Waals surface area contributed by atoms with E-state index in [-0.39, 0.29) is 35.0 Å². The van der Waals surface area contributed by atoms with E-state index in [0.717, 1.165) is 24.8 Å². The van der Waals surface area contributed by atoms with E-state index in [1.54, 1.807) is 24.3 Å². The van der Waals surface area contributed by atoms with Gasteiger partial charge in [-0.25, -0.2) is 8.42 Å². The Kier molecular flexibility index (Phi) is 7.41. The van der Waals surface area contributed by atoms with Gasteiger partial charge in [0.2, 0.25) is 0 Å². The van der Waals surface area contributed by atoms with Crippen molar-refractivity contribution in [2.45, 2.75) is 36.0 Å². The summed E-state index contributed by atoms with van der Waals surface area (Å²) in [6, 6.07) is 15.3. The van der Waals surface area contributed by atoms with Crippen LogP contribution in [0.25, 0.3) is 0 Å². The first kappa shape index (κ1) is 21.4. The average molecular weight is 409 g/mol. The summed E-state index contributed by atoms with van der Waals surface area (Å²) in [5.41, 5.74) is 6.85. The third-order valence-corrected chi connectivity index (χ3v) is 6.62. The lowest BCUT2D eigenvalue weighted by molar-refractivity contribution is 0.0928. The lowest BCUT2D eigenvalue weighted by atomic mass is 10.0. The quantitative estimate of drug-likeness (QED) is 0.768. The van der Waals surface area contributed by atoms with Gasteiger partial charge in [-0.05, 0) is 49.1 Å². The minimum Gasteiger partial charge on any atom is -0.349 e. The highest BCUT2D eigenvalue weighted by atomic mass is 35.5. The topological polar surface area (TPSA) is 89.3 Å². The fraction of sp³-hybridized carbons (Fsp3) is 0.350. The van der Waals surface area contributed by atoms with Crippen molar-refractivity contribution in [2.24, 2.45) is 11.7 Å². The normalized spacial score (nSPS) is 19.3. The molecule has 2 aromatic carbocycles. The summed E-state index contributed by atoms with van der Waals surface area (Å²) in [4.78, 5) is 12.7. The molecular formula is C20H25ClN2O3S. The van der Waals surface area contributed by atoms with E-state index in [0.29, 0.717) is 18.0 Å². The number of carbonyl (C=O) groups is 1. The molecule has 3 N–H and O–H groups in total. The standard InChI is InChI=1S/C20H24N2O3S.ClH/c21-13-17-9-5-11-19(17)22-20(23)16-8-4-10-18(12-16)26(24,25)14-15-6-2-1-3-7-15;/h1-4,6-8,10,12,17,19H,5,9,11,13-14,21H2,(H,22,23);1H. The predicted octanol–water partition coefficient (Wildman–Crippen LogP) is 2.94. The van der Waals surface area contributed by atoms with E-state index >= 15 is 0 Å². The van der Waals surface area contributed by atoms with Gasteiger partial charge in [-0.2, -0.15) is 0 Å². The molecule has 7 heteroatoms. The highest BCUT2D eigenvalue weighted by Gasteiger charge is 2.28. The zero-order valence-electron chi connectivity index (χ0n) is 15.0. The first-order valence-electron chi connectivity index (χ1n) is 8.87. The van der Waals surface area contributed by atoms with Crippen molar-refractivity contribution >= 4 is 28.2 Å². The van der Waals surface area contributed by atoms with Gasteiger partial charge in [-0.15, -0.1) is 12.4 Å². The van der Waals surface area contributed by atoms with Crippen LogP contribution < -0.4 is 11.1 Å². The molecule has 0 bridgehead atoms. The highest BCUT2D eigenvalue weighted by molar-refractivity contribution is 7.90. The fourth-order valence-corrected chi connectivity index (χ4v) is 4.86. The van der Waals surface area contributed by atoms with E-state index in [1.807, 2.05) is 18.2 Å². The van der Waals surface area contributed by atoms with Gasteiger partial charge in [-0.3, -0.25) is 4.79 Å². The molecule has 0 saturated heterocycles. The van der Waals surface area contributed by atoms with Gasteiger partial charge < -0.3 is 11.1 Å². The third kappa shape index (κ3) is 5.31. The number of benzene rings is 2. The molecule has 1 amide bonds. The van der Waals surface area contributed by atoms with Crippen molar-refractivity contribution in [2.75, 3.05) is 6.54 Å². The highest BCUT2D eigenvalue weighted by Crippen LogP contribution is 2.25. The van der Waals surface area contributed by atoms with Crippen LogP contribution in [-0.4, -0.2) is 26.9 Å². The molecule has 1 aliphatic carbocycles. The maximum absolute atomic E-state index is 12.7. The van der Waals surface area contributed by atoms with Crippen LogP contribution in [0.1, 0.15) is 35.2 Å². The average Bonchev–Trinajstić information content (AvgIpc) is 3.09. The minimum atomic E-state index is -3.51. The number of hydrogen-bond donors (Lipinski definition) is 2. The summed E-state index contributed by atoms with van der Waals surface area (Å²) >= 11 is 0. The Balaban J connectivity index is 0.00000261. The predicted molar refractivity (Wildman–Crippen MR) is 109 cm³/mol. The van der Waals surface area contributed by atoms with Crippen LogP contribution in [0.4, 0.5) is 0 Å². The molecule has 146 valence electrons. The van der Waals surface area contributed by atoms with Crippen molar-refractivity contribution in [3.63, 3.8) is 0 Å². The summed E-state index contributed by atoms with van der Waals surface area (Å²) in [5.74, 6) is -0.0346. The van der Waals surface area contributed by atoms with Gasteiger partial charge in [0.25, 0.3) is 5.91 Å². The Labute approximate surface area is 166 Å². The van der Waals surface area contributed by atoms with Crippen LogP contribution in [0.5, 0.6) is 0 Å². The maximum atomic E-state index is 12.7. The Morgan fingerprint density at radius 1 is 1.07 bits per heavy atom. The van der Waals surface area contributed by atoms with Crippen LogP contribution >= 0.6 is 12.4 Å². The number of hydrogen-bond acceptors (Lipinski definition) is 4. The molecule has 1 fully saturated rings. The summed E-state index contributed by atoms with van der Waals surface area (Å²) in [5, 5.41) is 3.01. The number of nitrogens with two attached hydrogens (primary N) is 1. The van der Waals surface area contributed by atoms with Crippen molar-refractivity contribution in [3.8, 4) is 0 Å². The molecular weight excluding hydrogens is 384 g/mol. The summed E-state index contributed by atoms with van der Waals surface area (Å²) in [7, 11) is -3.51.